The van der Waals surface area contributed by atoms with Crippen molar-refractivity contribution < 1.29 is 13.9 Å². The predicted molar refractivity (Wildman–Crippen MR) is 67.0 cm³/mol. The van der Waals surface area contributed by atoms with E-state index >= 15 is 0 Å². The van der Waals surface area contributed by atoms with Crippen molar-refractivity contribution in [2.75, 3.05) is 7.11 Å². The van der Waals surface area contributed by atoms with Gasteiger partial charge in [0.25, 0.3) is 0 Å². The zero-order valence-corrected chi connectivity index (χ0v) is 10.7. The highest BCUT2D eigenvalue weighted by atomic mass is 32.1. The highest BCUT2D eigenvalue weighted by Gasteiger charge is 2.08. The van der Waals surface area contributed by atoms with Crippen LogP contribution in [0.1, 0.15) is 16.3 Å². The van der Waals surface area contributed by atoms with Gasteiger partial charge >= 0.3 is 5.97 Å². The first kappa shape index (κ1) is 12.7. The van der Waals surface area contributed by atoms with Gasteiger partial charge in [-0.1, -0.05) is 12.1 Å². The maximum absolute atomic E-state index is 13.0. The fourth-order valence-corrected chi connectivity index (χ4v) is 2.38. The highest BCUT2D eigenvalue weighted by Crippen LogP contribution is 2.16. The topological polar surface area (TPSA) is 39.2 Å². The van der Waals surface area contributed by atoms with Crippen LogP contribution in [0.15, 0.2) is 29.6 Å². The van der Waals surface area contributed by atoms with Gasteiger partial charge in [-0.25, -0.2) is 9.37 Å². The molecule has 18 heavy (non-hydrogen) atoms. The maximum Gasteiger partial charge on any atom is 0.311 e. The summed E-state index contributed by atoms with van der Waals surface area (Å²) in [6.07, 6.45) is 0.750. The molecule has 3 nitrogen and oxygen atoms in total. The Kier molecular flexibility index (Phi) is 4.04. The second-order valence-electron chi connectivity index (χ2n) is 3.79. The summed E-state index contributed by atoms with van der Waals surface area (Å²) in [5, 5.41) is 2.69. The number of benzene rings is 1. The molecular weight excluding hydrogens is 253 g/mol. The molecule has 1 heterocycles. The van der Waals surface area contributed by atoms with Crippen molar-refractivity contribution in [3.63, 3.8) is 0 Å². The summed E-state index contributed by atoms with van der Waals surface area (Å²) >= 11 is 1.46. The summed E-state index contributed by atoms with van der Waals surface area (Å²) in [5.74, 6) is -0.559. The first-order valence-corrected chi connectivity index (χ1v) is 6.30. The van der Waals surface area contributed by atoms with Crippen LogP contribution in [0, 0.1) is 5.82 Å². The van der Waals surface area contributed by atoms with Crippen molar-refractivity contribution in [3.8, 4) is 0 Å². The van der Waals surface area contributed by atoms with E-state index in [-0.39, 0.29) is 18.2 Å². The van der Waals surface area contributed by atoms with Crippen molar-refractivity contribution in [2.24, 2.45) is 0 Å². The molecule has 0 atom stereocenters. The Morgan fingerprint density at radius 3 is 3.06 bits per heavy atom. The molecule has 0 N–H and O–H groups in total. The number of hydrogen-bond donors (Lipinski definition) is 0. The summed E-state index contributed by atoms with van der Waals surface area (Å²) in [6, 6.07) is 6.42. The van der Waals surface area contributed by atoms with E-state index in [1.807, 2.05) is 11.4 Å². The monoisotopic (exact) mass is 265 g/mol. The lowest BCUT2D eigenvalue weighted by molar-refractivity contribution is -0.139. The average molecular weight is 265 g/mol. The Balaban J connectivity index is 2.04. The Morgan fingerprint density at radius 2 is 2.33 bits per heavy atom. The first-order valence-electron chi connectivity index (χ1n) is 5.42. The van der Waals surface area contributed by atoms with Gasteiger partial charge in [0, 0.05) is 11.8 Å². The number of hydrogen-bond acceptors (Lipinski definition) is 4. The molecule has 0 spiro atoms. The Morgan fingerprint density at radius 1 is 1.50 bits per heavy atom. The van der Waals surface area contributed by atoms with E-state index in [1.54, 1.807) is 6.07 Å². The Labute approximate surface area is 108 Å². The standard InChI is InChI=1S/C13H12FNO2S/c1-17-13(16)7-11-8-18-12(15-11)6-9-3-2-4-10(14)5-9/h2-5,8H,6-7H2,1H3. The average Bonchev–Trinajstić information content (AvgIpc) is 2.76. The number of methoxy groups -OCH3 is 1. The van der Waals surface area contributed by atoms with Crippen LogP contribution in [0.3, 0.4) is 0 Å². The molecule has 94 valence electrons. The van der Waals surface area contributed by atoms with Crippen LogP contribution >= 0.6 is 11.3 Å². The summed E-state index contributed by atoms with van der Waals surface area (Å²) in [5.41, 5.74) is 1.56. The van der Waals surface area contributed by atoms with Crippen LogP contribution in [0.5, 0.6) is 0 Å². The fourth-order valence-electron chi connectivity index (χ4n) is 1.55. The van der Waals surface area contributed by atoms with E-state index in [2.05, 4.69) is 9.72 Å². The first-order chi connectivity index (χ1) is 8.67. The van der Waals surface area contributed by atoms with Crippen LogP contribution < -0.4 is 0 Å². The van der Waals surface area contributed by atoms with Gasteiger partial charge in [0.2, 0.25) is 0 Å². The molecule has 0 unspecified atom stereocenters. The van der Waals surface area contributed by atoms with E-state index in [4.69, 9.17) is 0 Å². The number of rotatable bonds is 4. The molecule has 0 radical (unpaired) electrons. The quantitative estimate of drug-likeness (QED) is 0.798. The van der Waals surface area contributed by atoms with Crippen LogP contribution in [0.25, 0.3) is 0 Å². The minimum absolute atomic E-state index is 0.177. The number of halogens is 1. The molecule has 1 aromatic heterocycles. The van der Waals surface area contributed by atoms with E-state index in [1.165, 1.54) is 30.6 Å². The molecule has 2 rings (SSSR count). The van der Waals surface area contributed by atoms with Crippen molar-refractivity contribution in [2.45, 2.75) is 12.8 Å². The van der Waals surface area contributed by atoms with Gasteiger partial charge < -0.3 is 4.74 Å². The van der Waals surface area contributed by atoms with E-state index in [0.29, 0.717) is 12.1 Å². The SMILES string of the molecule is COC(=O)Cc1csc(Cc2cccc(F)c2)n1. The highest BCUT2D eigenvalue weighted by molar-refractivity contribution is 7.09. The maximum atomic E-state index is 13.0. The summed E-state index contributed by atoms with van der Waals surface area (Å²) in [7, 11) is 1.35. The molecule has 0 amide bonds. The molecular formula is C13H12FNO2S. The third-order valence-electron chi connectivity index (χ3n) is 2.40. The Bertz CT molecular complexity index is 553. The predicted octanol–water partition coefficient (Wildman–Crippen LogP) is 2.59. The van der Waals surface area contributed by atoms with Crippen LogP contribution in [-0.2, 0) is 22.4 Å². The number of carbonyl (C=O) groups excluding carboxylic acids is 1. The molecule has 1 aromatic carbocycles. The molecule has 0 aliphatic heterocycles. The molecule has 2 aromatic rings. The smallest absolute Gasteiger partial charge is 0.311 e. The minimum atomic E-state index is -0.308. The fraction of sp³-hybridized carbons (Fsp3) is 0.231. The number of ether oxygens (including phenoxy) is 1. The van der Waals surface area contributed by atoms with Crippen molar-refractivity contribution in [1.29, 1.82) is 0 Å². The van der Waals surface area contributed by atoms with E-state index in [9.17, 15) is 9.18 Å². The summed E-state index contributed by atoms with van der Waals surface area (Å²) < 4.78 is 17.6. The van der Waals surface area contributed by atoms with Crippen molar-refractivity contribution in [1.82, 2.24) is 4.98 Å². The normalized spacial score (nSPS) is 10.3. The molecule has 0 bridgehead atoms. The van der Waals surface area contributed by atoms with Crippen LogP contribution in [0.2, 0.25) is 0 Å². The second-order valence-corrected chi connectivity index (χ2v) is 4.73. The van der Waals surface area contributed by atoms with E-state index in [0.717, 1.165) is 10.6 Å². The molecule has 5 heteroatoms. The zero-order valence-electron chi connectivity index (χ0n) is 9.85. The van der Waals surface area contributed by atoms with Crippen LogP contribution in [0.4, 0.5) is 4.39 Å². The third-order valence-corrected chi connectivity index (χ3v) is 3.29. The lowest BCUT2D eigenvalue weighted by Crippen LogP contribution is -2.04. The van der Waals surface area contributed by atoms with Crippen molar-refractivity contribution >= 4 is 17.3 Å². The van der Waals surface area contributed by atoms with Gasteiger partial charge in [0.05, 0.1) is 24.2 Å². The van der Waals surface area contributed by atoms with Gasteiger partial charge in [-0.15, -0.1) is 11.3 Å². The number of esters is 1. The third kappa shape index (κ3) is 3.37. The van der Waals surface area contributed by atoms with Crippen molar-refractivity contribution in [3.05, 3.63) is 51.7 Å². The second kappa shape index (κ2) is 5.73. The zero-order chi connectivity index (χ0) is 13.0. The minimum Gasteiger partial charge on any atom is -0.469 e. The summed E-state index contributed by atoms with van der Waals surface area (Å²) in [6.45, 7) is 0. The molecule has 0 saturated carbocycles. The number of thiazole rings is 1. The molecule has 0 saturated heterocycles. The molecule has 0 aliphatic rings. The number of nitrogens with zero attached hydrogens (tertiary/aromatic N) is 1. The van der Waals surface area contributed by atoms with Gasteiger partial charge in [-0.2, -0.15) is 0 Å². The van der Waals surface area contributed by atoms with Gasteiger partial charge in [-0.3, -0.25) is 4.79 Å². The largest absolute Gasteiger partial charge is 0.469 e. The van der Waals surface area contributed by atoms with E-state index < -0.39 is 0 Å². The molecule has 0 aliphatic carbocycles. The Hall–Kier alpha value is -1.75. The van der Waals surface area contributed by atoms with Gasteiger partial charge in [0.1, 0.15) is 5.82 Å². The van der Waals surface area contributed by atoms with Gasteiger partial charge in [0.15, 0.2) is 0 Å². The number of carbonyl (C=O) groups is 1. The lowest BCUT2D eigenvalue weighted by Gasteiger charge is -1.98. The molecule has 0 fully saturated rings. The number of aromatic nitrogens is 1. The lowest BCUT2D eigenvalue weighted by atomic mass is 10.1. The van der Waals surface area contributed by atoms with Crippen LogP contribution in [-0.4, -0.2) is 18.1 Å². The summed E-state index contributed by atoms with van der Waals surface area (Å²) in [4.78, 5) is 15.4. The van der Waals surface area contributed by atoms with Gasteiger partial charge in [-0.05, 0) is 17.7 Å².